The average molecular weight is 332 g/mol. The van der Waals surface area contributed by atoms with Crippen LogP contribution in [0.2, 0.25) is 0 Å². The van der Waals surface area contributed by atoms with Gasteiger partial charge in [0.25, 0.3) is 0 Å². The third-order valence-electron chi connectivity index (χ3n) is 3.44. The lowest BCUT2D eigenvalue weighted by Gasteiger charge is -2.26. The highest BCUT2D eigenvalue weighted by atomic mass is 32.2. The molecular weight excluding hydrogens is 314 g/mol. The van der Waals surface area contributed by atoms with Gasteiger partial charge in [-0.05, 0) is 36.1 Å². The number of unbranched alkanes of at least 4 members (excludes halogenated alkanes) is 1. The van der Waals surface area contributed by atoms with Crippen molar-refractivity contribution >= 4 is 22.9 Å². The van der Waals surface area contributed by atoms with Crippen LogP contribution in [-0.4, -0.2) is 26.4 Å². The zero-order valence-corrected chi connectivity index (χ0v) is 13.4. The topological polar surface area (TPSA) is 80.7 Å². The van der Waals surface area contributed by atoms with Crippen LogP contribution in [0.15, 0.2) is 54.6 Å². The Bertz CT molecular complexity index is 658. The van der Waals surface area contributed by atoms with Crippen LogP contribution in [0.5, 0.6) is 0 Å². The zero-order chi connectivity index (χ0) is 16.7. The molecule has 0 aromatic heterocycles. The molecule has 6 heteroatoms. The molecule has 2 aromatic carbocycles. The summed E-state index contributed by atoms with van der Waals surface area (Å²) in [5, 5.41) is 8.61. The van der Waals surface area contributed by atoms with Crippen molar-refractivity contribution in [1.29, 1.82) is 0 Å². The Balaban J connectivity index is 2.05. The number of benzene rings is 2. The lowest BCUT2D eigenvalue weighted by Crippen LogP contribution is -2.26. The summed E-state index contributed by atoms with van der Waals surface area (Å²) in [5.41, 5.74) is 2.65. The molecular formula is C17H18NO4S-. The Morgan fingerprint density at radius 2 is 1.61 bits per heavy atom. The van der Waals surface area contributed by atoms with E-state index in [9.17, 15) is 13.6 Å². The largest absolute Gasteiger partial charge is 0.755 e. The quantitative estimate of drug-likeness (QED) is 0.594. The van der Waals surface area contributed by atoms with Crippen molar-refractivity contribution in [3.05, 3.63) is 54.6 Å². The van der Waals surface area contributed by atoms with E-state index < -0.39 is 17.2 Å². The lowest BCUT2D eigenvalue weighted by atomic mass is 10.1. The minimum absolute atomic E-state index is 0.0479. The van der Waals surface area contributed by atoms with E-state index in [1.54, 1.807) is 12.1 Å². The standard InChI is InChI=1S/C17H19NO4S/c19-17(20)8-4-5-13-18(23(21)22)16-11-9-15(10-12-16)14-6-2-1-3-7-14/h1-3,6-7,9-12H,4-5,8,13H2,(H,19,20)(H,21,22)/p-1. The maximum Gasteiger partial charge on any atom is 0.303 e. The van der Waals surface area contributed by atoms with Gasteiger partial charge in [0.2, 0.25) is 0 Å². The fraction of sp³-hybridized carbons (Fsp3) is 0.235. The second-order valence-electron chi connectivity index (χ2n) is 5.08. The van der Waals surface area contributed by atoms with Gasteiger partial charge in [-0.15, -0.1) is 0 Å². The molecule has 2 aromatic rings. The van der Waals surface area contributed by atoms with Crippen LogP contribution in [0, 0.1) is 0 Å². The molecule has 23 heavy (non-hydrogen) atoms. The molecule has 2 rings (SSSR count). The molecule has 1 atom stereocenters. The van der Waals surface area contributed by atoms with Gasteiger partial charge in [0.05, 0.1) is 0 Å². The molecule has 0 amide bonds. The molecule has 0 aliphatic rings. The van der Waals surface area contributed by atoms with Crippen molar-refractivity contribution in [2.75, 3.05) is 10.8 Å². The summed E-state index contributed by atoms with van der Waals surface area (Å²) in [6.45, 7) is 0.272. The van der Waals surface area contributed by atoms with Crippen LogP contribution in [0.1, 0.15) is 19.3 Å². The van der Waals surface area contributed by atoms with E-state index in [4.69, 9.17) is 5.11 Å². The van der Waals surface area contributed by atoms with Crippen molar-refractivity contribution in [3.8, 4) is 11.1 Å². The van der Waals surface area contributed by atoms with E-state index in [1.165, 1.54) is 4.31 Å². The van der Waals surface area contributed by atoms with Crippen LogP contribution < -0.4 is 4.31 Å². The number of nitrogens with zero attached hydrogens (tertiary/aromatic N) is 1. The van der Waals surface area contributed by atoms with Crippen molar-refractivity contribution < 1.29 is 18.7 Å². The van der Waals surface area contributed by atoms with Gasteiger partial charge in [-0.2, -0.15) is 0 Å². The molecule has 0 aliphatic carbocycles. The minimum atomic E-state index is -2.38. The summed E-state index contributed by atoms with van der Waals surface area (Å²) < 4.78 is 24.0. The SMILES string of the molecule is O=C(O)CCCCN(c1ccc(-c2ccccc2)cc1)S(=O)[O-]. The normalized spacial score (nSPS) is 11.9. The van der Waals surface area contributed by atoms with Gasteiger partial charge in [-0.1, -0.05) is 42.5 Å². The Morgan fingerprint density at radius 1 is 1.00 bits per heavy atom. The number of carboxylic acids is 1. The average Bonchev–Trinajstić information content (AvgIpc) is 2.55. The van der Waals surface area contributed by atoms with E-state index in [1.807, 2.05) is 42.5 Å². The van der Waals surface area contributed by atoms with Crippen molar-refractivity contribution in [2.24, 2.45) is 0 Å². The minimum Gasteiger partial charge on any atom is -0.755 e. The molecule has 0 heterocycles. The summed E-state index contributed by atoms with van der Waals surface area (Å²) in [4.78, 5) is 10.5. The molecule has 122 valence electrons. The molecule has 0 saturated carbocycles. The molecule has 0 bridgehead atoms. The summed E-state index contributed by atoms with van der Waals surface area (Å²) in [5.74, 6) is -0.869. The van der Waals surface area contributed by atoms with Crippen LogP contribution >= 0.6 is 0 Å². The number of rotatable bonds is 8. The lowest BCUT2D eigenvalue weighted by molar-refractivity contribution is -0.137. The first-order chi connectivity index (χ1) is 11.1. The number of hydrogen-bond acceptors (Lipinski definition) is 3. The van der Waals surface area contributed by atoms with Gasteiger partial charge in [-0.25, -0.2) is 0 Å². The molecule has 1 unspecified atom stereocenters. The Labute approximate surface area is 138 Å². The first-order valence-corrected chi connectivity index (χ1v) is 8.35. The predicted molar refractivity (Wildman–Crippen MR) is 89.6 cm³/mol. The number of carbonyl (C=O) groups is 1. The van der Waals surface area contributed by atoms with Crippen LogP contribution in [0.4, 0.5) is 5.69 Å². The Hall–Kier alpha value is -2.18. The van der Waals surface area contributed by atoms with Gasteiger partial charge in [0.15, 0.2) is 0 Å². The maximum absolute atomic E-state index is 11.4. The van der Waals surface area contributed by atoms with Gasteiger partial charge >= 0.3 is 5.97 Å². The third-order valence-corrected chi connectivity index (χ3v) is 4.20. The Kier molecular flexibility index (Phi) is 6.31. The molecule has 5 nitrogen and oxygen atoms in total. The predicted octanol–water partition coefficient (Wildman–Crippen LogP) is 3.21. The van der Waals surface area contributed by atoms with Gasteiger partial charge < -0.3 is 14.0 Å². The number of hydrogen-bond donors (Lipinski definition) is 1. The third kappa shape index (κ3) is 5.19. The van der Waals surface area contributed by atoms with Gasteiger partial charge in [0.1, 0.15) is 0 Å². The van der Waals surface area contributed by atoms with Crippen molar-refractivity contribution in [1.82, 2.24) is 0 Å². The number of anilines is 1. The van der Waals surface area contributed by atoms with Gasteiger partial charge in [-0.3, -0.25) is 9.00 Å². The Morgan fingerprint density at radius 3 is 2.17 bits per heavy atom. The fourth-order valence-electron chi connectivity index (χ4n) is 2.27. The van der Waals surface area contributed by atoms with E-state index in [2.05, 4.69) is 0 Å². The van der Waals surface area contributed by atoms with Crippen LogP contribution in [0.3, 0.4) is 0 Å². The highest BCUT2D eigenvalue weighted by Gasteiger charge is 2.08. The fourth-order valence-corrected chi connectivity index (χ4v) is 2.84. The van der Waals surface area contributed by atoms with Crippen molar-refractivity contribution in [2.45, 2.75) is 19.3 Å². The first-order valence-electron chi connectivity index (χ1n) is 7.32. The molecule has 0 radical (unpaired) electrons. The molecule has 0 spiro atoms. The second-order valence-corrected chi connectivity index (χ2v) is 5.96. The molecule has 0 saturated heterocycles. The summed E-state index contributed by atoms with van der Waals surface area (Å²) in [7, 11) is 0. The number of carboxylic acid groups (broad SMARTS) is 1. The van der Waals surface area contributed by atoms with Crippen LogP contribution in [0.25, 0.3) is 11.1 Å². The van der Waals surface area contributed by atoms with E-state index in [0.29, 0.717) is 18.5 Å². The molecule has 0 fully saturated rings. The smallest absolute Gasteiger partial charge is 0.303 e. The summed E-state index contributed by atoms with van der Waals surface area (Å²) >= 11 is -2.38. The van der Waals surface area contributed by atoms with E-state index in [0.717, 1.165) is 11.1 Å². The monoisotopic (exact) mass is 332 g/mol. The van der Waals surface area contributed by atoms with Gasteiger partial charge in [0, 0.05) is 29.9 Å². The zero-order valence-electron chi connectivity index (χ0n) is 12.6. The van der Waals surface area contributed by atoms with E-state index >= 15 is 0 Å². The second kappa shape index (κ2) is 8.45. The maximum atomic E-state index is 11.4. The van der Waals surface area contributed by atoms with E-state index in [-0.39, 0.29) is 13.0 Å². The summed E-state index contributed by atoms with van der Waals surface area (Å²) in [6.07, 6.45) is 0.998. The molecule has 0 aliphatic heterocycles. The highest BCUT2D eigenvalue weighted by Crippen LogP contribution is 2.24. The first kappa shape index (κ1) is 17.2. The van der Waals surface area contributed by atoms with Crippen LogP contribution in [-0.2, 0) is 16.1 Å². The van der Waals surface area contributed by atoms with Crippen molar-refractivity contribution in [3.63, 3.8) is 0 Å². The molecule has 1 N–H and O–H groups in total. The highest BCUT2D eigenvalue weighted by molar-refractivity contribution is 7.80. The summed E-state index contributed by atoms with van der Waals surface area (Å²) in [6, 6.07) is 17.1. The number of aliphatic carboxylic acids is 1.